The van der Waals surface area contributed by atoms with E-state index in [1.54, 1.807) is 0 Å². The van der Waals surface area contributed by atoms with E-state index in [1.165, 1.54) is 0 Å². The van der Waals surface area contributed by atoms with Crippen LogP contribution in [0.15, 0.2) is 30.3 Å². The van der Waals surface area contributed by atoms with E-state index < -0.39 is 0 Å². The van der Waals surface area contributed by atoms with Gasteiger partial charge in [-0.15, -0.1) is 0 Å². The second kappa shape index (κ2) is 5.64. The first kappa shape index (κ1) is 11.9. The zero-order chi connectivity index (χ0) is 12.1. The summed E-state index contributed by atoms with van der Waals surface area (Å²) in [7, 11) is 1.92. The quantitative estimate of drug-likeness (QED) is 0.857. The molecule has 0 aliphatic heterocycles. The van der Waals surface area contributed by atoms with Crippen LogP contribution >= 0.6 is 0 Å². The molecular weight excluding hydrogens is 212 g/mol. The fourth-order valence-corrected chi connectivity index (χ4v) is 1.80. The van der Waals surface area contributed by atoms with Crippen LogP contribution in [-0.2, 0) is 6.54 Å². The minimum absolute atomic E-state index is 0.743. The molecule has 0 saturated carbocycles. The van der Waals surface area contributed by atoms with Crippen molar-refractivity contribution >= 4 is 10.9 Å². The van der Waals surface area contributed by atoms with Crippen molar-refractivity contribution in [2.45, 2.75) is 19.9 Å². The Labute approximate surface area is 102 Å². The first-order chi connectivity index (χ1) is 8.35. The van der Waals surface area contributed by atoms with Gasteiger partial charge in [-0.25, -0.2) is 0 Å². The standard InChI is InChI=1S/C14H18N2O/c1-3-8-17-14-9-11(10-15-2)16-13-7-5-4-6-12(13)14/h4-7,9,15H,3,8,10H2,1-2H3. The summed E-state index contributed by atoms with van der Waals surface area (Å²) in [6.45, 7) is 3.61. The van der Waals surface area contributed by atoms with E-state index in [0.29, 0.717) is 0 Å². The SMILES string of the molecule is CCCOc1cc(CNC)nc2ccccc12. The van der Waals surface area contributed by atoms with Gasteiger partial charge in [0.1, 0.15) is 5.75 Å². The topological polar surface area (TPSA) is 34.1 Å². The van der Waals surface area contributed by atoms with Gasteiger partial charge in [-0.2, -0.15) is 0 Å². The highest BCUT2D eigenvalue weighted by atomic mass is 16.5. The van der Waals surface area contributed by atoms with Crippen LogP contribution < -0.4 is 10.1 Å². The molecule has 2 aromatic rings. The summed E-state index contributed by atoms with van der Waals surface area (Å²) in [6, 6.07) is 10.1. The minimum Gasteiger partial charge on any atom is -0.493 e. The number of aromatic nitrogens is 1. The molecule has 0 aliphatic rings. The lowest BCUT2D eigenvalue weighted by molar-refractivity contribution is 0.320. The Bertz CT molecular complexity index is 497. The lowest BCUT2D eigenvalue weighted by Crippen LogP contribution is -2.07. The van der Waals surface area contributed by atoms with Gasteiger partial charge in [0.05, 0.1) is 17.8 Å². The summed E-state index contributed by atoms with van der Waals surface area (Å²) in [5.74, 6) is 0.933. The molecule has 0 unspecified atom stereocenters. The Morgan fingerprint density at radius 2 is 2.12 bits per heavy atom. The molecule has 2 rings (SSSR count). The highest BCUT2D eigenvalue weighted by Crippen LogP contribution is 2.25. The summed E-state index contributed by atoms with van der Waals surface area (Å²) < 4.78 is 5.79. The van der Waals surface area contributed by atoms with Gasteiger partial charge in [0.25, 0.3) is 0 Å². The second-order valence-electron chi connectivity index (χ2n) is 4.01. The third kappa shape index (κ3) is 2.74. The summed E-state index contributed by atoms with van der Waals surface area (Å²) >= 11 is 0. The van der Waals surface area contributed by atoms with Gasteiger partial charge < -0.3 is 10.1 Å². The minimum atomic E-state index is 0.743. The Morgan fingerprint density at radius 1 is 1.29 bits per heavy atom. The third-order valence-electron chi connectivity index (χ3n) is 2.55. The molecule has 0 bridgehead atoms. The van der Waals surface area contributed by atoms with Crippen molar-refractivity contribution < 1.29 is 4.74 Å². The smallest absolute Gasteiger partial charge is 0.130 e. The second-order valence-corrected chi connectivity index (χ2v) is 4.01. The highest BCUT2D eigenvalue weighted by Gasteiger charge is 2.05. The van der Waals surface area contributed by atoms with E-state index >= 15 is 0 Å². The van der Waals surface area contributed by atoms with E-state index in [1.807, 2.05) is 31.3 Å². The number of nitrogens with one attached hydrogen (secondary N) is 1. The Hall–Kier alpha value is -1.61. The van der Waals surface area contributed by atoms with Crippen molar-refractivity contribution in [2.24, 2.45) is 0 Å². The van der Waals surface area contributed by atoms with E-state index in [-0.39, 0.29) is 0 Å². The van der Waals surface area contributed by atoms with Crippen LogP contribution in [0.5, 0.6) is 5.75 Å². The van der Waals surface area contributed by atoms with Gasteiger partial charge >= 0.3 is 0 Å². The maximum Gasteiger partial charge on any atom is 0.130 e. The first-order valence-electron chi connectivity index (χ1n) is 6.01. The molecule has 0 spiro atoms. The van der Waals surface area contributed by atoms with E-state index in [4.69, 9.17) is 4.74 Å². The normalized spacial score (nSPS) is 10.7. The lowest BCUT2D eigenvalue weighted by Gasteiger charge is -2.10. The molecule has 90 valence electrons. The number of rotatable bonds is 5. The summed E-state index contributed by atoms with van der Waals surface area (Å²) in [5, 5.41) is 4.20. The molecule has 3 heteroatoms. The summed E-state index contributed by atoms with van der Waals surface area (Å²) in [6.07, 6.45) is 1.01. The molecular formula is C14H18N2O. The van der Waals surface area contributed by atoms with E-state index in [2.05, 4.69) is 23.3 Å². The van der Waals surface area contributed by atoms with Crippen molar-refractivity contribution in [3.63, 3.8) is 0 Å². The number of hydrogen-bond acceptors (Lipinski definition) is 3. The van der Waals surface area contributed by atoms with Crippen LogP contribution in [0, 0.1) is 0 Å². The zero-order valence-electron chi connectivity index (χ0n) is 10.4. The summed E-state index contributed by atoms with van der Waals surface area (Å²) in [5.41, 5.74) is 2.00. The van der Waals surface area contributed by atoms with Crippen molar-refractivity contribution in [1.29, 1.82) is 0 Å². The van der Waals surface area contributed by atoms with Crippen molar-refractivity contribution in [1.82, 2.24) is 10.3 Å². The zero-order valence-corrected chi connectivity index (χ0v) is 10.4. The molecule has 1 N–H and O–H groups in total. The van der Waals surface area contributed by atoms with Gasteiger partial charge in [-0.3, -0.25) is 4.98 Å². The number of para-hydroxylation sites is 1. The molecule has 1 heterocycles. The maximum absolute atomic E-state index is 5.79. The fourth-order valence-electron chi connectivity index (χ4n) is 1.80. The van der Waals surface area contributed by atoms with Crippen LogP contribution in [0.2, 0.25) is 0 Å². The third-order valence-corrected chi connectivity index (χ3v) is 2.55. The molecule has 17 heavy (non-hydrogen) atoms. The van der Waals surface area contributed by atoms with Gasteiger partial charge in [0.15, 0.2) is 0 Å². The lowest BCUT2D eigenvalue weighted by atomic mass is 10.2. The fraction of sp³-hybridized carbons (Fsp3) is 0.357. The van der Waals surface area contributed by atoms with Crippen LogP contribution in [0.25, 0.3) is 10.9 Å². The Balaban J connectivity index is 2.45. The largest absolute Gasteiger partial charge is 0.493 e. The molecule has 0 aliphatic carbocycles. The first-order valence-corrected chi connectivity index (χ1v) is 6.01. The molecule has 0 saturated heterocycles. The van der Waals surface area contributed by atoms with Crippen molar-refractivity contribution in [2.75, 3.05) is 13.7 Å². The number of benzene rings is 1. The number of nitrogens with zero attached hydrogens (tertiary/aromatic N) is 1. The number of pyridine rings is 1. The predicted molar refractivity (Wildman–Crippen MR) is 70.3 cm³/mol. The molecule has 1 aromatic carbocycles. The van der Waals surface area contributed by atoms with Gasteiger partial charge in [-0.05, 0) is 25.6 Å². The van der Waals surface area contributed by atoms with Gasteiger partial charge in [-0.1, -0.05) is 19.1 Å². The monoisotopic (exact) mass is 230 g/mol. The van der Waals surface area contributed by atoms with E-state index in [0.717, 1.165) is 41.9 Å². The molecule has 0 amide bonds. The van der Waals surface area contributed by atoms with Crippen LogP contribution in [0.4, 0.5) is 0 Å². The van der Waals surface area contributed by atoms with Crippen LogP contribution in [0.3, 0.4) is 0 Å². The number of ether oxygens (including phenoxy) is 1. The van der Waals surface area contributed by atoms with Gasteiger partial charge in [0.2, 0.25) is 0 Å². The summed E-state index contributed by atoms with van der Waals surface area (Å²) in [4.78, 5) is 4.59. The molecule has 0 radical (unpaired) electrons. The molecule has 0 atom stereocenters. The molecule has 1 aromatic heterocycles. The van der Waals surface area contributed by atoms with Gasteiger partial charge in [0, 0.05) is 18.0 Å². The Morgan fingerprint density at radius 3 is 2.88 bits per heavy atom. The average Bonchev–Trinajstić information content (AvgIpc) is 2.36. The maximum atomic E-state index is 5.79. The number of fused-ring (bicyclic) bond motifs is 1. The van der Waals surface area contributed by atoms with Crippen molar-refractivity contribution in [3.8, 4) is 5.75 Å². The van der Waals surface area contributed by atoms with Crippen LogP contribution in [0.1, 0.15) is 19.0 Å². The predicted octanol–water partition coefficient (Wildman–Crippen LogP) is 2.74. The Kier molecular flexibility index (Phi) is 3.94. The number of hydrogen-bond donors (Lipinski definition) is 1. The highest BCUT2D eigenvalue weighted by molar-refractivity contribution is 5.85. The average molecular weight is 230 g/mol. The molecule has 0 fully saturated rings. The van der Waals surface area contributed by atoms with E-state index in [9.17, 15) is 0 Å². The molecule has 3 nitrogen and oxygen atoms in total. The van der Waals surface area contributed by atoms with Crippen molar-refractivity contribution in [3.05, 3.63) is 36.0 Å². The van der Waals surface area contributed by atoms with Crippen LogP contribution in [-0.4, -0.2) is 18.6 Å².